The highest BCUT2D eigenvalue weighted by Crippen LogP contribution is 2.33. The quantitative estimate of drug-likeness (QED) is 0.775. The van der Waals surface area contributed by atoms with Crippen LogP contribution in [0.2, 0.25) is 0 Å². The largest absolute Gasteiger partial charge is 0.304 e. The number of piperidine rings is 1. The lowest BCUT2D eigenvalue weighted by molar-refractivity contribution is 0.228. The first-order valence-electron chi connectivity index (χ1n) is 7.14. The highest BCUT2D eigenvalue weighted by molar-refractivity contribution is 7.89. The molecule has 0 unspecified atom stereocenters. The van der Waals surface area contributed by atoms with E-state index in [-0.39, 0.29) is 18.5 Å². The molecular weight excluding hydrogens is 317 g/mol. The van der Waals surface area contributed by atoms with Crippen molar-refractivity contribution in [1.29, 1.82) is 0 Å². The van der Waals surface area contributed by atoms with E-state index >= 15 is 0 Å². The zero-order valence-electron chi connectivity index (χ0n) is 12.1. The Labute approximate surface area is 127 Å². The average molecular weight is 334 g/mol. The summed E-state index contributed by atoms with van der Waals surface area (Å²) in [6.45, 7) is 1.62. The first kappa shape index (κ1) is 15.8. The van der Waals surface area contributed by atoms with Crippen LogP contribution >= 0.6 is 0 Å². The zero-order valence-corrected chi connectivity index (χ0v) is 12.9. The summed E-state index contributed by atoms with van der Waals surface area (Å²) in [7, 11) is -2.27. The maximum Gasteiger partial charge on any atom is 0.246 e. The summed E-state index contributed by atoms with van der Waals surface area (Å²) in [5.74, 6) is -4.62. The third-order valence-corrected chi connectivity index (χ3v) is 6.37. The van der Waals surface area contributed by atoms with E-state index < -0.39 is 32.4 Å². The van der Waals surface area contributed by atoms with Crippen molar-refractivity contribution in [3.05, 3.63) is 29.6 Å². The van der Waals surface area contributed by atoms with Crippen LogP contribution in [0.15, 0.2) is 17.0 Å². The third kappa shape index (κ3) is 2.53. The Morgan fingerprint density at radius 1 is 1.05 bits per heavy atom. The Bertz CT molecular complexity index is 696. The summed E-state index contributed by atoms with van der Waals surface area (Å²) < 4.78 is 67.0. The number of halogens is 3. The Morgan fingerprint density at radius 2 is 1.77 bits per heavy atom. The molecule has 122 valence electrons. The van der Waals surface area contributed by atoms with E-state index in [1.165, 1.54) is 4.31 Å². The van der Waals surface area contributed by atoms with Gasteiger partial charge in [0.15, 0.2) is 17.5 Å². The summed E-state index contributed by atoms with van der Waals surface area (Å²) in [5, 5.41) is 0. The minimum atomic E-state index is -4.18. The van der Waals surface area contributed by atoms with Gasteiger partial charge in [-0.05, 0) is 37.9 Å². The van der Waals surface area contributed by atoms with Crippen LogP contribution in [0.1, 0.15) is 12.8 Å². The van der Waals surface area contributed by atoms with E-state index in [0.29, 0.717) is 19.0 Å². The number of rotatable bonds is 2. The smallest absolute Gasteiger partial charge is 0.246 e. The van der Waals surface area contributed by atoms with Crippen LogP contribution in [-0.2, 0) is 10.0 Å². The molecule has 4 rings (SSSR count). The van der Waals surface area contributed by atoms with E-state index in [1.807, 2.05) is 7.05 Å². The lowest BCUT2D eigenvalue weighted by atomic mass is 9.97. The van der Waals surface area contributed by atoms with E-state index in [0.717, 1.165) is 19.0 Å². The van der Waals surface area contributed by atoms with Crippen LogP contribution in [0.4, 0.5) is 13.2 Å². The highest BCUT2D eigenvalue weighted by Gasteiger charge is 2.41. The Balaban J connectivity index is 2.02. The van der Waals surface area contributed by atoms with Gasteiger partial charge in [0, 0.05) is 25.7 Å². The monoisotopic (exact) mass is 334 g/mol. The van der Waals surface area contributed by atoms with Crippen molar-refractivity contribution >= 4 is 10.0 Å². The zero-order chi connectivity index (χ0) is 16.1. The molecule has 0 N–H and O–H groups in total. The van der Waals surface area contributed by atoms with Gasteiger partial charge >= 0.3 is 0 Å². The van der Waals surface area contributed by atoms with Crippen molar-refractivity contribution in [1.82, 2.24) is 9.21 Å². The van der Waals surface area contributed by atoms with Crippen LogP contribution in [-0.4, -0.2) is 50.3 Å². The molecule has 0 aliphatic carbocycles. The van der Waals surface area contributed by atoms with Crippen LogP contribution in [0.5, 0.6) is 0 Å². The summed E-state index contributed by atoms with van der Waals surface area (Å²) in [6, 6.07) is 1.18. The minimum absolute atomic E-state index is 0.173. The maximum absolute atomic E-state index is 13.9. The number of likely N-dealkylation sites (N-methyl/N-ethyl adjacent to an activating group) is 1. The second kappa shape index (κ2) is 5.50. The standard InChI is InChI=1S/C14H17F3N2O2S/c1-18-6-9-2-3-10(8-18)19(7-9)22(20,21)12-5-4-11(15)13(16)14(12)17/h4-5,9-10H,2-3,6-8H2,1H3/t9-,10+/m0/s1. The normalized spacial score (nSPS) is 27.1. The van der Waals surface area contributed by atoms with Gasteiger partial charge in [-0.25, -0.2) is 21.6 Å². The molecule has 2 atom stereocenters. The first-order chi connectivity index (χ1) is 10.3. The lowest BCUT2D eigenvalue weighted by Crippen LogP contribution is -2.47. The molecule has 3 aliphatic heterocycles. The van der Waals surface area contributed by atoms with Crippen molar-refractivity contribution in [2.75, 3.05) is 26.7 Å². The maximum atomic E-state index is 13.9. The molecule has 3 heterocycles. The Hall–Kier alpha value is -1.12. The van der Waals surface area contributed by atoms with Crippen molar-refractivity contribution in [3.63, 3.8) is 0 Å². The minimum Gasteiger partial charge on any atom is -0.304 e. The Morgan fingerprint density at radius 3 is 2.50 bits per heavy atom. The number of hydrogen-bond acceptors (Lipinski definition) is 3. The first-order valence-corrected chi connectivity index (χ1v) is 8.58. The van der Waals surface area contributed by atoms with Crippen molar-refractivity contribution < 1.29 is 21.6 Å². The second-order valence-corrected chi connectivity index (χ2v) is 7.93. The number of benzene rings is 1. The molecule has 0 spiro atoms. The molecular formula is C14H17F3N2O2S. The molecule has 0 aromatic heterocycles. The lowest BCUT2D eigenvalue weighted by Gasteiger charge is -2.35. The van der Waals surface area contributed by atoms with Gasteiger partial charge in [0.05, 0.1) is 0 Å². The Kier molecular flexibility index (Phi) is 3.94. The second-order valence-electron chi connectivity index (χ2n) is 6.07. The molecule has 22 heavy (non-hydrogen) atoms. The summed E-state index contributed by atoms with van der Waals surface area (Å²) in [4.78, 5) is 1.26. The van der Waals surface area contributed by atoms with Gasteiger partial charge in [0.25, 0.3) is 0 Å². The number of fused-ring (bicyclic) bond motifs is 4. The van der Waals surface area contributed by atoms with Crippen LogP contribution in [0.3, 0.4) is 0 Å². The summed E-state index contributed by atoms with van der Waals surface area (Å²) in [6.07, 6.45) is 1.61. The van der Waals surface area contributed by atoms with Gasteiger partial charge in [0.2, 0.25) is 10.0 Å². The summed E-state index contributed by atoms with van der Waals surface area (Å²) >= 11 is 0. The molecule has 0 saturated carbocycles. The fraction of sp³-hybridized carbons (Fsp3) is 0.571. The van der Waals surface area contributed by atoms with E-state index in [9.17, 15) is 21.6 Å². The van der Waals surface area contributed by atoms with E-state index in [1.54, 1.807) is 0 Å². The van der Waals surface area contributed by atoms with Crippen molar-refractivity contribution in [3.8, 4) is 0 Å². The average Bonchev–Trinajstić information content (AvgIpc) is 2.73. The molecule has 3 aliphatic rings. The number of nitrogens with zero attached hydrogens (tertiary/aromatic N) is 2. The van der Waals surface area contributed by atoms with Gasteiger partial charge in [-0.2, -0.15) is 4.31 Å². The number of hydrogen-bond donors (Lipinski definition) is 0. The fourth-order valence-corrected chi connectivity index (χ4v) is 5.18. The number of sulfonamides is 1. The predicted octanol–water partition coefficient (Wildman–Crippen LogP) is 1.82. The van der Waals surface area contributed by atoms with Gasteiger partial charge in [0.1, 0.15) is 4.90 Å². The van der Waals surface area contributed by atoms with Gasteiger partial charge in [-0.3, -0.25) is 0 Å². The molecule has 1 aromatic carbocycles. The van der Waals surface area contributed by atoms with Crippen LogP contribution in [0, 0.1) is 23.4 Å². The molecule has 2 bridgehead atoms. The molecule has 3 fully saturated rings. The van der Waals surface area contributed by atoms with Crippen LogP contribution in [0.25, 0.3) is 0 Å². The SMILES string of the molecule is CN1C[C@@H]2CC[C@H](C1)N(S(=O)(=O)c1ccc(F)c(F)c1F)C2. The van der Waals surface area contributed by atoms with E-state index in [2.05, 4.69) is 4.90 Å². The topological polar surface area (TPSA) is 40.6 Å². The fourth-order valence-electron chi connectivity index (χ4n) is 3.40. The molecule has 0 amide bonds. The predicted molar refractivity (Wildman–Crippen MR) is 74.2 cm³/mol. The molecule has 0 radical (unpaired) electrons. The van der Waals surface area contributed by atoms with Gasteiger partial charge in [-0.15, -0.1) is 0 Å². The van der Waals surface area contributed by atoms with Gasteiger partial charge < -0.3 is 4.90 Å². The third-order valence-electron chi connectivity index (χ3n) is 4.43. The van der Waals surface area contributed by atoms with Crippen molar-refractivity contribution in [2.45, 2.75) is 23.8 Å². The molecule has 3 saturated heterocycles. The molecule has 4 nitrogen and oxygen atoms in total. The summed E-state index contributed by atoms with van der Waals surface area (Å²) in [5.41, 5.74) is 0. The molecule has 8 heteroatoms. The van der Waals surface area contributed by atoms with Gasteiger partial charge in [-0.1, -0.05) is 0 Å². The van der Waals surface area contributed by atoms with E-state index in [4.69, 9.17) is 0 Å². The van der Waals surface area contributed by atoms with Crippen molar-refractivity contribution in [2.24, 2.45) is 5.92 Å². The van der Waals surface area contributed by atoms with Crippen LogP contribution < -0.4 is 0 Å². The highest BCUT2D eigenvalue weighted by atomic mass is 32.2. The molecule has 1 aromatic rings.